The van der Waals surface area contributed by atoms with Crippen LogP contribution >= 0.6 is 0 Å². The fourth-order valence-electron chi connectivity index (χ4n) is 2.76. The summed E-state index contributed by atoms with van der Waals surface area (Å²) in [5.41, 5.74) is 1.29. The maximum absolute atomic E-state index is 13.7. The average Bonchev–Trinajstić information content (AvgIpc) is 2.58. The molecule has 1 aromatic heterocycles. The zero-order valence-electron chi connectivity index (χ0n) is 14.4. The molecular weight excluding hydrogens is 306 g/mol. The van der Waals surface area contributed by atoms with E-state index in [2.05, 4.69) is 16.9 Å². The van der Waals surface area contributed by atoms with Gasteiger partial charge in [0.1, 0.15) is 11.6 Å². The second-order valence-electron chi connectivity index (χ2n) is 6.26. The van der Waals surface area contributed by atoms with Gasteiger partial charge >= 0.3 is 0 Å². The van der Waals surface area contributed by atoms with E-state index in [1.165, 1.54) is 57.1 Å². The first-order valence-electron chi connectivity index (χ1n) is 8.97. The highest BCUT2D eigenvalue weighted by atomic mass is 19.1. The molecule has 0 fully saturated rings. The van der Waals surface area contributed by atoms with Gasteiger partial charge in [0.15, 0.2) is 5.82 Å². The molecular formula is C20H26F2N2. The number of hydrogen-bond acceptors (Lipinski definition) is 2. The number of rotatable bonds is 10. The van der Waals surface area contributed by atoms with Gasteiger partial charge in [-0.1, -0.05) is 51.9 Å². The van der Waals surface area contributed by atoms with E-state index in [1.54, 1.807) is 12.4 Å². The molecule has 0 aliphatic carbocycles. The molecule has 1 aromatic carbocycles. The Bertz CT molecular complexity index is 612. The summed E-state index contributed by atoms with van der Waals surface area (Å²) >= 11 is 0. The lowest BCUT2D eigenvalue weighted by Crippen LogP contribution is -1.95. The molecule has 0 aliphatic rings. The molecule has 130 valence electrons. The standard InChI is InChI=1S/C20H26F2N2/c1-2-3-4-5-6-7-8-9-10-16-14-23-20(24-15-16)18-12-11-17(21)13-19(18)22/h11-15H,2-10H2,1H3. The van der Waals surface area contributed by atoms with Crippen LogP contribution < -0.4 is 0 Å². The summed E-state index contributed by atoms with van der Waals surface area (Å²) in [5.74, 6) is -0.930. The molecule has 0 aliphatic heterocycles. The Morgan fingerprint density at radius 2 is 1.46 bits per heavy atom. The van der Waals surface area contributed by atoms with Gasteiger partial charge in [0.05, 0.1) is 5.56 Å². The third kappa shape index (κ3) is 5.99. The Labute approximate surface area is 143 Å². The van der Waals surface area contributed by atoms with E-state index in [1.807, 2.05) is 0 Å². The van der Waals surface area contributed by atoms with Gasteiger partial charge in [0.25, 0.3) is 0 Å². The lowest BCUT2D eigenvalue weighted by molar-refractivity contribution is 0.575. The molecule has 1 heterocycles. The van der Waals surface area contributed by atoms with Gasteiger partial charge in [-0.2, -0.15) is 0 Å². The highest BCUT2D eigenvalue weighted by molar-refractivity contribution is 5.55. The minimum Gasteiger partial charge on any atom is -0.236 e. The van der Waals surface area contributed by atoms with E-state index in [4.69, 9.17) is 0 Å². The van der Waals surface area contributed by atoms with Gasteiger partial charge in [0, 0.05) is 18.5 Å². The summed E-state index contributed by atoms with van der Waals surface area (Å²) in [5, 5.41) is 0. The topological polar surface area (TPSA) is 25.8 Å². The van der Waals surface area contributed by atoms with Gasteiger partial charge in [-0.15, -0.1) is 0 Å². The van der Waals surface area contributed by atoms with E-state index in [-0.39, 0.29) is 5.56 Å². The molecule has 4 heteroatoms. The van der Waals surface area contributed by atoms with E-state index in [0.717, 1.165) is 24.5 Å². The fourth-order valence-corrected chi connectivity index (χ4v) is 2.76. The van der Waals surface area contributed by atoms with Crippen LogP contribution in [0.4, 0.5) is 8.78 Å². The number of unbranched alkanes of at least 4 members (excludes halogenated alkanes) is 7. The van der Waals surface area contributed by atoms with Crippen LogP contribution in [0.3, 0.4) is 0 Å². The molecule has 0 saturated heterocycles. The van der Waals surface area contributed by atoms with Crippen molar-refractivity contribution >= 4 is 0 Å². The minimum atomic E-state index is -0.633. The third-order valence-corrected chi connectivity index (χ3v) is 4.20. The lowest BCUT2D eigenvalue weighted by Gasteiger charge is -2.05. The molecule has 0 saturated carbocycles. The SMILES string of the molecule is CCCCCCCCCCc1cnc(-c2ccc(F)cc2F)nc1. The lowest BCUT2D eigenvalue weighted by atomic mass is 10.1. The molecule has 2 nitrogen and oxygen atoms in total. The van der Waals surface area contributed by atoms with Gasteiger partial charge < -0.3 is 0 Å². The first-order chi connectivity index (χ1) is 11.7. The first-order valence-corrected chi connectivity index (χ1v) is 8.97. The quantitative estimate of drug-likeness (QED) is 0.491. The summed E-state index contributed by atoms with van der Waals surface area (Å²) < 4.78 is 26.7. The number of nitrogens with zero attached hydrogens (tertiary/aromatic N) is 2. The van der Waals surface area contributed by atoms with Gasteiger partial charge in [-0.25, -0.2) is 18.7 Å². The van der Waals surface area contributed by atoms with Crippen molar-refractivity contribution in [2.45, 2.75) is 64.7 Å². The minimum absolute atomic E-state index is 0.232. The van der Waals surface area contributed by atoms with E-state index in [9.17, 15) is 8.78 Å². The second kappa shape index (κ2) is 10.1. The third-order valence-electron chi connectivity index (χ3n) is 4.20. The van der Waals surface area contributed by atoms with Crippen LogP contribution in [0.15, 0.2) is 30.6 Å². The normalized spacial score (nSPS) is 11.0. The van der Waals surface area contributed by atoms with Crippen LogP contribution in [0.5, 0.6) is 0 Å². The summed E-state index contributed by atoms with van der Waals surface area (Å²) in [4.78, 5) is 8.43. The summed E-state index contributed by atoms with van der Waals surface area (Å²) in [6.07, 6.45) is 14.7. The average molecular weight is 332 g/mol. The number of hydrogen-bond donors (Lipinski definition) is 0. The van der Waals surface area contributed by atoms with Crippen molar-refractivity contribution in [1.82, 2.24) is 9.97 Å². The second-order valence-corrected chi connectivity index (χ2v) is 6.26. The summed E-state index contributed by atoms with van der Waals surface area (Å²) in [7, 11) is 0. The number of benzene rings is 1. The molecule has 24 heavy (non-hydrogen) atoms. The molecule has 0 unspecified atom stereocenters. The summed E-state index contributed by atoms with van der Waals surface area (Å²) in [6, 6.07) is 3.45. The highest BCUT2D eigenvalue weighted by Crippen LogP contribution is 2.20. The van der Waals surface area contributed by atoms with Crippen LogP contribution in [0, 0.1) is 11.6 Å². The van der Waals surface area contributed by atoms with Crippen LogP contribution in [0.25, 0.3) is 11.4 Å². The molecule has 0 amide bonds. The van der Waals surface area contributed by atoms with Crippen LogP contribution in [-0.2, 0) is 6.42 Å². The number of halogens is 2. The van der Waals surface area contributed by atoms with Crippen molar-refractivity contribution < 1.29 is 8.78 Å². The molecule has 0 bridgehead atoms. The van der Waals surface area contributed by atoms with Crippen molar-refractivity contribution in [3.05, 3.63) is 47.8 Å². The molecule has 0 atom stereocenters. The first kappa shape index (κ1) is 18.5. The number of aryl methyl sites for hydroxylation is 1. The van der Waals surface area contributed by atoms with Gasteiger partial charge in [0.2, 0.25) is 0 Å². The smallest absolute Gasteiger partial charge is 0.162 e. The van der Waals surface area contributed by atoms with Crippen LogP contribution in [-0.4, -0.2) is 9.97 Å². The Morgan fingerprint density at radius 3 is 2.08 bits per heavy atom. The van der Waals surface area contributed by atoms with Crippen LogP contribution in [0.2, 0.25) is 0 Å². The van der Waals surface area contributed by atoms with Crippen molar-refractivity contribution in [3.8, 4) is 11.4 Å². The Balaban J connectivity index is 1.74. The number of aromatic nitrogens is 2. The largest absolute Gasteiger partial charge is 0.236 e. The maximum Gasteiger partial charge on any atom is 0.162 e. The molecule has 0 spiro atoms. The van der Waals surface area contributed by atoms with Crippen molar-refractivity contribution in [1.29, 1.82) is 0 Å². The van der Waals surface area contributed by atoms with Crippen molar-refractivity contribution in [2.75, 3.05) is 0 Å². The van der Waals surface area contributed by atoms with Crippen molar-refractivity contribution in [2.24, 2.45) is 0 Å². The highest BCUT2D eigenvalue weighted by Gasteiger charge is 2.09. The Kier molecular flexibility index (Phi) is 7.80. The van der Waals surface area contributed by atoms with Gasteiger partial charge in [-0.3, -0.25) is 0 Å². The molecule has 0 radical (unpaired) electrons. The summed E-state index contributed by atoms with van der Waals surface area (Å²) in [6.45, 7) is 2.23. The van der Waals surface area contributed by atoms with Crippen LogP contribution in [0.1, 0.15) is 63.9 Å². The maximum atomic E-state index is 13.7. The fraction of sp³-hybridized carbons (Fsp3) is 0.500. The Hall–Kier alpha value is -1.84. The van der Waals surface area contributed by atoms with Crippen molar-refractivity contribution in [3.63, 3.8) is 0 Å². The molecule has 2 rings (SSSR count). The zero-order valence-corrected chi connectivity index (χ0v) is 14.4. The predicted molar refractivity (Wildman–Crippen MR) is 93.7 cm³/mol. The van der Waals surface area contributed by atoms with E-state index < -0.39 is 11.6 Å². The zero-order chi connectivity index (χ0) is 17.2. The van der Waals surface area contributed by atoms with E-state index >= 15 is 0 Å². The monoisotopic (exact) mass is 332 g/mol. The predicted octanol–water partition coefficient (Wildman–Crippen LogP) is 6.11. The molecule has 0 N–H and O–H groups in total. The Morgan fingerprint density at radius 1 is 0.833 bits per heavy atom. The van der Waals surface area contributed by atoms with Gasteiger partial charge in [-0.05, 0) is 30.5 Å². The van der Waals surface area contributed by atoms with E-state index in [0.29, 0.717) is 5.82 Å². The molecule has 2 aromatic rings.